The maximum atomic E-state index is 13.2. The Balaban J connectivity index is 1.44. The summed E-state index contributed by atoms with van der Waals surface area (Å²) in [6.07, 6.45) is -0.175. The number of ether oxygens (including phenoxy) is 1. The summed E-state index contributed by atoms with van der Waals surface area (Å²) in [5.41, 5.74) is 3.75. The van der Waals surface area contributed by atoms with E-state index in [1.165, 1.54) is 14.6 Å². The molecule has 0 aliphatic carbocycles. The van der Waals surface area contributed by atoms with Crippen LogP contribution in [0.1, 0.15) is 28.5 Å². The fourth-order valence-electron chi connectivity index (χ4n) is 4.35. The van der Waals surface area contributed by atoms with E-state index in [-0.39, 0.29) is 16.2 Å². The first-order chi connectivity index (χ1) is 16.6. The first kappa shape index (κ1) is 26.1. The van der Waals surface area contributed by atoms with Gasteiger partial charge in [-0.25, -0.2) is 8.42 Å². The highest BCUT2D eigenvalue weighted by atomic mass is 35.5. The molecule has 0 saturated carbocycles. The number of sulfonamides is 1. The third-order valence-electron chi connectivity index (χ3n) is 6.23. The molecule has 0 radical (unpaired) electrons. The Hall–Kier alpha value is -1.94. The summed E-state index contributed by atoms with van der Waals surface area (Å²) in [6.45, 7) is 6.79. The molecule has 1 aromatic heterocycles. The maximum absolute atomic E-state index is 13.2. The van der Waals surface area contributed by atoms with Gasteiger partial charge in [-0.3, -0.25) is 9.58 Å². The van der Waals surface area contributed by atoms with Crippen LogP contribution in [-0.2, 0) is 28.4 Å². The van der Waals surface area contributed by atoms with E-state index in [4.69, 9.17) is 27.9 Å². The van der Waals surface area contributed by atoms with E-state index in [9.17, 15) is 8.42 Å². The van der Waals surface area contributed by atoms with Gasteiger partial charge in [-0.2, -0.15) is 9.40 Å². The van der Waals surface area contributed by atoms with E-state index in [1.807, 2.05) is 30.3 Å². The van der Waals surface area contributed by atoms with Crippen molar-refractivity contribution in [2.24, 2.45) is 7.05 Å². The summed E-state index contributed by atoms with van der Waals surface area (Å²) in [5, 5.41) is 4.97. The molecule has 10 heteroatoms. The average Bonchev–Trinajstić information content (AvgIpc) is 3.09. The molecule has 0 unspecified atom stereocenters. The second-order valence-electron chi connectivity index (χ2n) is 8.87. The van der Waals surface area contributed by atoms with E-state index in [1.54, 1.807) is 14.0 Å². The van der Waals surface area contributed by atoms with Crippen LogP contribution in [0.5, 0.6) is 0 Å². The Morgan fingerprint density at radius 2 is 1.71 bits per heavy atom. The first-order valence-electron chi connectivity index (χ1n) is 11.5. The molecule has 2 heterocycles. The van der Waals surface area contributed by atoms with Gasteiger partial charge in [-0.15, -0.1) is 0 Å². The van der Waals surface area contributed by atoms with E-state index in [2.05, 4.69) is 35.1 Å². The summed E-state index contributed by atoms with van der Waals surface area (Å²) in [4.78, 5) is 2.33. The van der Waals surface area contributed by atoms with Crippen molar-refractivity contribution in [1.82, 2.24) is 19.0 Å². The molecular weight excluding hydrogens is 507 g/mol. The van der Waals surface area contributed by atoms with Gasteiger partial charge in [0.25, 0.3) is 0 Å². The lowest BCUT2D eigenvalue weighted by atomic mass is 10.1. The van der Waals surface area contributed by atoms with Crippen LogP contribution < -0.4 is 0 Å². The van der Waals surface area contributed by atoms with Gasteiger partial charge >= 0.3 is 0 Å². The molecule has 0 N–H and O–H groups in total. The van der Waals surface area contributed by atoms with Crippen molar-refractivity contribution in [2.45, 2.75) is 31.5 Å². The van der Waals surface area contributed by atoms with Crippen molar-refractivity contribution < 1.29 is 13.2 Å². The van der Waals surface area contributed by atoms with Crippen LogP contribution in [0.4, 0.5) is 0 Å². The standard InChI is InChI=1S/C25H30Cl2N4O3S/c1-18-5-4-6-20(15-18)17-34-23(21-7-9-22(26)10-8-21)16-30-11-13-31(14-12-30)35(32,33)24-19(2)28-29(3)25(24)27/h4-10,15,23H,11-14,16-17H2,1-3H3/t23-/m1/s1. The molecule has 4 rings (SSSR count). The fraction of sp³-hybridized carbons (Fsp3) is 0.400. The average molecular weight is 538 g/mol. The van der Waals surface area contributed by atoms with Crippen molar-refractivity contribution >= 4 is 33.2 Å². The number of aromatic nitrogens is 2. The van der Waals surface area contributed by atoms with Crippen LogP contribution in [0.15, 0.2) is 53.4 Å². The minimum absolute atomic E-state index is 0.0932. The molecule has 3 aromatic rings. The zero-order chi connectivity index (χ0) is 25.2. The monoisotopic (exact) mass is 536 g/mol. The smallest absolute Gasteiger partial charge is 0.248 e. The molecule has 0 amide bonds. The van der Waals surface area contributed by atoms with Gasteiger partial charge in [0.05, 0.1) is 18.4 Å². The van der Waals surface area contributed by atoms with E-state index in [0.717, 1.165) is 11.1 Å². The highest BCUT2D eigenvalue weighted by Gasteiger charge is 2.34. The number of nitrogens with zero attached hydrogens (tertiary/aromatic N) is 4. The Bertz CT molecular complexity index is 1270. The molecule has 35 heavy (non-hydrogen) atoms. The Morgan fingerprint density at radius 1 is 1.03 bits per heavy atom. The lowest BCUT2D eigenvalue weighted by Gasteiger charge is -2.35. The van der Waals surface area contributed by atoms with Crippen molar-refractivity contribution in [1.29, 1.82) is 0 Å². The lowest BCUT2D eigenvalue weighted by Crippen LogP contribution is -2.49. The Kier molecular flexibility index (Phi) is 8.20. The summed E-state index contributed by atoms with van der Waals surface area (Å²) in [6, 6.07) is 16.0. The van der Waals surface area contributed by atoms with Crippen LogP contribution in [0, 0.1) is 13.8 Å². The third-order valence-corrected chi connectivity index (χ3v) is 9.08. The van der Waals surface area contributed by atoms with Gasteiger partial charge in [0, 0.05) is 44.8 Å². The number of benzene rings is 2. The SMILES string of the molecule is Cc1cccc(CO[C@H](CN2CCN(S(=O)(=O)c3c(C)nn(C)c3Cl)CC2)c2ccc(Cl)cc2)c1. The van der Waals surface area contributed by atoms with Crippen LogP contribution in [0.25, 0.3) is 0 Å². The van der Waals surface area contributed by atoms with Gasteiger partial charge < -0.3 is 4.74 Å². The van der Waals surface area contributed by atoms with Crippen LogP contribution >= 0.6 is 23.2 Å². The quantitative estimate of drug-likeness (QED) is 0.420. The number of piperazine rings is 1. The number of rotatable bonds is 8. The predicted molar refractivity (Wildman–Crippen MR) is 138 cm³/mol. The second-order valence-corrected chi connectivity index (χ2v) is 11.5. The van der Waals surface area contributed by atoms with Crippen molar-refractivity contribution in [3.8, 4) is 0 Å². The van der Waals surface area contributed by atoms with Gasteiger partial charge in [0.15, 0.2) is 0 Å². The van der Waals surface area contributed by atoms with Gasteiger partial charge in [0.1, 0.15) is 10.0 Å². The van der Waals surface area contributed by atoms with E-state index >= 15 is 0 Å². The topological polar surface area (TPSA) is 67.7 Å². The van der Waals surface area contributed by atoms with Crippen LogP contribution in [-0.4, -0.2) is 60.1 Å². The third kappa shape index (κ3) is 6.07. The summed E-state index contributed by atoms with van der Waals surface area (Å²) >= 11 is 12.4. The zero-order valence-electron chi connectivity index (χ0n) is 20.1. The van der Waals surface area contributed by atoms with Crippen molar-refractivity contribution in [3.05, 3.63) is 81.1 Å². The maximum Gasteiger partial charge on any atom is 0.248 e. The molecule has 1 aliphatic heterocycles. The van der Waals surface area contributed by atoms with Gasteiger partial charge in [-0.05, 0) is 37.1 Å². The van der Waals surface area contributed by atoms with Gasteiger partial charge in [0.2, 0.25) is 10.0 Å². The molecule has 0 bridgehead atoms. The molecular formula is C25H30Cl2N4O3S. The molecule has 1 aliphatic rings. The molecule has 0 spiro atoms. The molecule has 2 aromatic carbocycles. The molecule has 188 valence electrons. The summed E-state index contributed by atoms with van der Waals surface area (Å²) in [7, 11) is -2.08. The van der Waals surface area contributed by atoms with Crippen LogP contribution in [0.2, 0.25) is 10.2 Å². The zero-order valence-corrected chi connectivity index (χ0v) is 22.4. The van der Waals surface area contributed by atoms with E-state index in [0.29, 0.717) is 50.0 Å². The minimum atomic E-state index is -3.72. The number of halogens is 2. The van der Waals surface area contributed by atoms with Crippen molar-refractivity contribution in [3.63, 3.8) is 0 Å². The lowest BCUT2D eigenvalue weighted by molar-refractivity contribution is 0.00771. The second kappa shape index (κ2) is 11.0. The number of hydrogen-bond acceptors (Lipinski definition) is 5. The van der Waals surface area contributed by atoms with Crippen molar-refractivity contribution in [2.75, 3.05) is 32.7 Å². The molecule has 1 saturated heterocycles. The van der Waals surface area contributed by atoms with E-state index < -0.39 is 10.0 Å². The Morgan fingerprint density at radius 3 is 2.31 bits per heavy atom. The number of hydrogen-bond donors (Lipinski definition) is 0. The normalized spacial score (nSPS) is 16.5. The minimum Gasteiger partial charge on any atom is -0.368 e. The Labute approximate surface area is 217 Å². The molecule has 7 nitrogen and oxygen atoms in total. The highest BCUT2D eigenvalue weighted by Crippen LogP contribution is 2.29. The fourth-order valence-corrected chi connectivity index (χ4v) is 6.60. The van der Waals surface area contributed by atoms with Crippen LogP contribution in [0.3, 0.4) is 0 Å². The summed E-state index contributed by atoms with van der Waals surface area (Å²) in [5.74, 6) is 0. The molecule has 1 atom stereocenters. The summed E-state index contributed by atoms with van der Waals surface area (Å²) < 4.78 is 35.7. The number of aryl methyl sites for hydroxylation is 3. The van der Waals surface area contributed by atoms with Gasteiger partial charge in [-0.1, -0.05) is 65.2 Å². The highest BCUT2D eigenvalue weighted by molar-refractivity contribution is 7.89. The first-order valence-corrected chi connectivity index (χ1v) is 13.7. The molecule has 1 fully saturated rings. The largest absolute Gasteiger partial charge is 0.368 e. The predicted octanol–water partition coefficient (Wildman–Crippen LogP) is 4.61.